The van der Waals surface area contributed by atoms with E-state index in [2.05, 4.69) is 9.72 Å². The molecule has 14 heavy (non-hydrogen) atoms. The summed E-state index contributed by atoms with van der Waals surface area (Å²) in [4.78, 5) is 25.7. The second-order valence-electron chi connectivity index (χ2n) is 2.95. The Morgan fingerprint density at radius 2 is 2.43 bits per heavy atom. The summed E-state index contributed by atoms with van der Waals surface area (Å²) in [5.74, 6) is -1.80. The number of carbonyl (C=O) groups is 2. The molecule has 1 aromatic rings. The number of aliphatic carboxylic acids is 1. The zero-order chi connectivity index (χ0) is 10.1. The summed E-state index contributed by atoms with van der Waals surface area (Å²) in [6, 6.07) is 3.34. The first-order chi connectivity index (χ1) is 6.68. The molecule has 0 amide bonds. The van der Waals surface area contributed by atoms with Crippen LogP contribution < -0.4 is 0 Å². The lowest BCUT2D eigenvalue weighted by molar-refractivity contribution is -0.147. The van der Waals surface area contributed by atoms with Gasteiger partial charge in [-0.2, -0.15) is 0 Å². The van der Waals surface area contributed by atoms with Crippen molar-refractivity contribution in [3.8, 4) is 0 Å². The minimum atomic E-state index is -1.13. The summed E-state index contributed by atoms with van der Waals surface area (Å²) >= 11 is 0. The molecule has 0 spiro atoms. The Balaban J connectivity index is 2.38. The van der Waals surface area contributed by atoms with Crippen molar-refractivity contribution in [2.24, 2.45) is 0 Å². The van der Waals surface area contributed by atoms with Gasteiger partial charge in [-0.3, -0.25) is 0 Å². The normalized spacial score (nSPS) is 19.7. The molecule has 0 saturated heterocycles. The number of cyclic esters (lactones) is 1. The maximum absolute atomic E-state index is 11.3. The van der Waals surface area contributed by atoms with Crippen LogP contribution in [-0.2, 0) is 16.0 Å². The second-order valence-corrected chi connectivity index (χ2v) is 2.95. The Bertz CT molecular complexity index is 402. The van der Waals surface area contributed by atoms with Crippen LogP contribution in [0.15, 0.2) is 18.3 Å². The monoisotopic (exact) mass is 193 g/mol. The van der Waals surface area contributed by atoms with Gasteiger partial charge in [-0.15, -0.1) is 0 Å². The van der Waals surface area contributed by atoms with Crippen LogP contribution in [0.1, 0.15) is 16.1 Å². The summed E-state index contributed by atoms with van der Waals surface area (Å²) in [7, 11) is 0. The summed E-state index contributed by atoms with van der Waals surface area (Å²) < 4.78 is 4.67. The molecular weight excluding hydrogens is 186 g/mol. The first kappa shape index (κ1) is 8.68. The van der Waals surface area contributed by atoms with Gasteiger partial charge in [-0.25, -0.2) is 14.6 Å². The van der Waals surface area contributed by atoms with E-state index < -0.39 is 18.0 Å². The average Bonchev–Trinajstić information content (AvgIpc) is 2.17. The standard InChI is InChI=1S/C9H7NO4/c11-8(12)6-4-5-2-1-3-10-7(5)9(13)14-6/h1-3,6H,4H2,(H,11,12)/t6-/m1/s1. The molecule has 2 rings (SSSR count). The maximum Gasteiger partial charge on any atom is 0.358 e. The van der Waals surface area contributed by atoms with Crippen molar-refractivity contribution in [2.75, 3.05) is 0 Å². The van der Waals surface area contributed by atoms with Gasteiger partial charge in [0.05, 0.1) is 0 Å². The Hall–Kier alpha value is -1.91. The van der Waals surface area contributed by atoms with Gasteiger partial charge in [-0.05, 0) is 11.6 Å². The van der Waals surface area contributed by atoms with Crippen molar-refractivity contribution >= 4 is 11.9 Å². The Morgan fingerprint density at radius 1 is 1.64 bits per heavy atom. The van der Waals surface area contributed by atoms with Gasteiger partial charge >= 0.3 is 11.9 Å². The van der Waals surface area contributed by atoms with Crippen LogP contribution in [0.5, 0.6) is 0 Å². The summed E-state index contributed by atoms with van der Waals surface area (Å²) in [6.45, 7) is 0. The molecule has 1 atom stereocenters. The number of aromatic nitrogens is 1. The number of esters is 1. The SMILES string of the molecule is O=C1O[C@@H](C(=O)O)Cc2cccnc21. The van der Waals surface area contributed by atoms with Gasteiger partial charge in [0.25, 0.3) is 0 Å². The summed E-state index contributed by atoms with van der Waals surface area (Å²) in [6.07, 6.45) is 0.574. The highest BCUT2D eigenvalue weighted by Crippen LogP contribution is 2.18. The van der Waals surface area contributed by atoms with Gasteiger partial charge < -0.3 is 9.84 Å². The van der Waals surface area contributed by atoms with Crippen molar-refractivity contribution in [3.63, 3.8) is 0 Å². The molecule has 2 heterocycles. The number of carboxylic acid groups (broad SMARTS) is 1. The largest absolute Gasteiger partial charge is 0.478 e. The molecule has 1 aliphatic heterocycles. The minimum absolute atomic E-state index is 0.185. The number of nitrogens with zero attached hydrogens (tertiary/aromatic N) is 1. The van der Waals surface area contributed by atoms with Gasteiger partial charge in [0.2, 0.25) is 6.10 Å². The molecule has 0 saturated carbocycles. The molecule has 5 nitrogen and oxygen atoms in total. The highest BCUT2D eigenvalue weighted by atomic mass is 16.6. The van der Waals surface area contributed by atoms with Crippen molar-refractivity contribution < 1.29 is 19.4 Å². The molecule has 5 heteroatoms. The number of rotatable bonds is 1. The predicted molar refractivity (Wildman–Crippen MR) is 44.8 cm³/mol. The first-order valence-corrected chi connectivity index (χ1v) is 4.06. The van der Waals surface area contributed by atoms with E-state index in [9.17, 15) is 9.59 Å². The Morgan fingerprint density at radius 3 is 3.14 bits per heavy atom. The number of carboxylic acids is 1. The van der Waals surface area contributed by atoms with E-state index in [1.165, 1.54) is 6.20 Å². The van der Waals surface area contributed by atoms with Crippen molar-refractivity contribution in [3.05, 3.63) is 29.6 Å². The first-order valence-electron chi connectivity index (χ1n) is 4.06. The molecule has 0 fully saturated rings. The highest BCUT2D eigenvalue weighted by molar-refractivity contribution is 5.92. The summed E-state index contributed by atoms with van der Waals surface area (Å²) in [5.41, 5.74) is 0.834. The highest BCUT2D eigenvalue weighted by Gasteiger charge is 2.31. The number of carbonyl (C=O) groups excluding carboxylic acids is 1. The smallest absolute Gasteiger partial charge is 0.358 e. The fraction of sp³-hybridized carbons (Fsp3) is 0.222. The van der Waals surface area contributed by atoms with Crippen LogP contribution in [-0.4, -0.2) is 28.1 Å². The molecule has 72 valence electrons. The van der Waals surface area contributed by atoms with Crippen LogP contribution in [0.3, 0.4) is 0 Å². The van der Waals surface area contributed by atoms with Crippen LogP contribution in [0.2, 0.25) is 0 Å². The number of hydrogen-bond donors (Lipinski definition) is 1. The topological polar surface area (TPSA) is 76.5 Å². The average molecular weight is 193 g/mol. The molecule has 0 aliphatic carbocycles. The van der Waals surface area contributed by atoms with Crippen molar-refractivity contribution in [1.29, 1.82) is 0 Å². The number of hydrogen-bond acceptors (Lipinski definition) is 4. The Labute approximate surface area is 79.3 Å². The van der Waals surface area contributed by atoms with Gasteiger partial charge in [-0.1, -0.05) is 6.07 Å². The lowest BCUT2D eigenvalue weighted by Crippen LogP contribution is -2.34. The molecule has 1 N–H and O–H groups in total. The van der Waals surface area contributed by atoms with E-state index in [0.717, 1.165) is 0 Å². The third-order valence-electron chi connectivity index (χ3n) is 2.01. The van der Waals surface area contributed by atoms with Gasteiger partial charge in [0.15, 0.2) is 5.69 Å². The number of ether oxygens (including phenoxy) is 1. The van der Waals surface area contributed by atoms with Gasteiger partial charge in [0, 0.05) is 12.6 Å². The van der Waals surface area contributed by atoms with Crippen molar-refractivity contribution in [1.82, 2.24) is 4.98 Å². The number of fused-ring (bicyclic) bond motifs is 1. The fourth-order valence-electron chi connectivity index (χ4n) is 1.35. The molecule has 0 radical (unpaired) electrons. The van der Waals surface area contributed by atoms with E-state index in [-0.39, 0.29) is 12.1 Å². The Kier molecular flexibility index (Phi) is 1.92. The van der Waals surface area contributed by atoms with E-state index in [1.54, 1.807) is 12.1 Å². The maximum atomic E-state index is 11.3. The number of pyridine rings is 1. The molecule has 1 aromatic heterocycles. The zero-order valence-corrected chi connectivity index (χ0v) is 7.14. The summed E-state index contributed by atoms with van der Waals surface area (Å²) in [5, 5.41) is 8.68. The van der Waals surface area contributed by atoms with E-state index in [1.807, 2.05) is 0 Å². The predicted octanol–water partition coefficient (Wildman–Crippen LogP) is 0.248. The van der Waals surface area contributed by atoms with Gasteiger partial charge in [0.1, 0.15) is 0 Å². The molecule has 1 aliphatic rings. The minimum Gasteiger partial charge on any atom is -0.478 e. The van der Waals surface area contributed by atoms with Crippen LogP contribution in [0.25, 0.3) is 0 Å². The lowest BCUT2D eigenvalue weighted by atomic mass is 10.0. The third kappa shape index (κ3) is 1.32. The van der Waals surface area contributed by atoms with Crippen LogP contribution in [0, 0.1) is 0 Å². The lowest BCUT2D eigenvalue weighted by Gasteiger charge is -2.20. The fourth-order valence-corrected chi connectivity index (χ4v) is 1.35. The van der Waals surface area contributed by atoms with Crippen LogP contribution >= 0.6 is 0 Å². The second kappa shape index (κ2) is 3.10. The van der Waals surface area contributed by atoms with Crippen LogP contribution in [0.4, 0.5) is 0 Å². The third-order valence-corrected chi connectivity index (χ3v) is 2.01. The molecule has 0 aromatic carbocycles. The molecule has 0 bridgehead atoms. The molecule has 0 unspecified atom stereocenters. The zero-order valence-electron chi connectivity index (χ0n) is 7.14. The van der Waals surface area contributed by atoms with E-state index in [0.29, 0.717) is 5.56 Å². The molecular formula is C9H7NO4. The quantitative estimate of drug-likeness (QED) is 0.647. The van der Waals surface area contributed by atoms with E-state index >= 15 is 0 Å². The van der Waals surface area contributed by atoms with E-state index in [4.69, 9.17) is 5.11 Å². The van der Waals surface area contributed by atoms with Crippen molar-refractivity contribution in [2.45, 2.75) is 12.5 Å².